The van der Waals surface area contributed by atoms with E-state index in [9.17, 15) is 9.90 Å². The Hall–Kier alpha value is -1.55. The number of likely N-dealkylation sites (tertiary alicyclic amines) is 1. The molecule has 0 saturated carbocycles. The van der Waals surface area contributed by atoms with Gasteiger partial charge >= 0.3 is 0 Å². The molecule has 21 heavy (non-hydrogen) atoms. The van der Waals surface area contributed by atoms with E-state index >= 15 is 0 Å². The number of carbonyl (C=O) groups is 1. The van der Waals surface area contributed by atoms with E-state index in [4.69, 9.17) is 4.74 Å². The number of nitrogens with zero attached hydrogens (tertiary/aromatic N) is 1. The molecule has 1 N–H and O–H groups in total. The number of amides is 1. The van der Waals surface area contributed by atoms with E-state index in [1.807, 2.05) is 38.1 Å². The summed E-state index contributed by atoms with van der Waals surface area (Å²) >= 11 is 0. The molecule has 1 heterocycles. The minimum absolute atomic E-state index is 0.0171. The molecule has 0 radical (unpaired) electrons. The van der Waals surface area contributed by atoms with Crippen molar-refractivity contribution in [3.05, 3.63) is 29.8 Å². The monoisotopic (exact) mass is 291 g/mol. The fourth-order valence-electron chi connectivity index (χ4n) is 2.78. The molecule has 1 aromatic rings. The normalized spacial score (nSPS) is 20.6. The second-order valence-corrected chi connectivity index (χ2v) is 6.19. The average molecular weight is 291 g/mol. The molecular formula is C17H25NO3. The van der Waals surface area contributed by atoms with Crippen LogP contribution in [0, 0.1) is 0 Å². The lowest BCUT2D eigenvalue weighted by Crippen LogP contribution is -2.49. The molecule has 4 nitrogen and oxygen atoms in total. The Morgan fingerprint density at radius 2 is 2.05 bits per heavy atom. The Balaban J connectivity index is 1.89. The van der Waals surface area contributed by atoms with Crippen LogP contribution in [0.3, 0.4) is 0 Å². The summed E-state index contributed by atoms with van der Waals surface area (Å²) in [6.07, 6.45) is 2.34. The van der Waals surface area contributed by atoms with Gasteiger partial charge in [0.05, 0.1) is 11.6 Å². The van der Waals surface area contributed by atoms with Crippen LogP contribution in [0.15, 0.2) is 24.3 Å². The SMILES string of the molecule is CCCc1ccc(OCC(=O)N2CCC(O)C2(C)C)cc1. The van der Waals surface area contributed by atoms with Crippen LogP contribution >= 0.6 is 0 Å². The van der Waals surface area contributed by atoms with Gasteiger partial charge in [-0.25, -0.2) is 0 Å². The summed E-state index contributed by atoms with van der Waals surface area (Å²) in [6, 6.07) is 7.88. The largest absolute Gasteiger partial charge is 0.484 e. The Labute approximate surface area is 126 Å². The van der Waals surface area contributed by atoms with Crippen molar-refractivity contribution in [3.63, 3.8) is 0 Å². The molecule has 1 atom stereocenters. The fraction of sp³-hybridized carbons (Fsp3) is 0.588. The van der Waals surface area contributed by atoms with Crippen molar-refractivity contribution in [2.75, 3.05) is 13.2 Å². The van der Waals surface area contributed by atoms with Gasteiger partial charge in [0.25, 0.3) is 5.91 Å². The van der Waals surface area contributed by atoms with Crippen molar-refractivity contribution in [3.8, 4) is 5.75 Å². The number of benzene rings is 1. The third-order valence-corrected chi connectivity index (χ3v) is 4.26. The summed E-state index contributed by atoms with van der Waals surface area (Å²) in [5.41, 5.74) is 0.769. The molecule has 0 spiro atoms. The fourth-order valence-corrected chi connectivity index (χ4v) is 2.78. The Morgan fingerprint density at radius 1 is 1.38 bits per heavy atom. The van der Waals surface area contributed by atoms with Crippen LogP contribution in [0.5, 0.6) is 5.75 Å². The number of rotatable bonds is 5. The highest BCUT2D eigenvalue weighted by Gasteiger charge is 2.42. The zero-order valence-corrected chi connectivity index (χ0v) is 13.1. The molecule has 1 saturated heterocycles. The van der Waals surface area contributed by atoms with Gasteiger partial charge in [0.1, 0.15) is 5.75 Å². The quantitative estimate of drug-likeness (QED) is 0.906. The predicted octanol–water partition coefficient (Wildman–Crippen LogP) is 2.39. The molecule has 1 aliphatic heterocycles. The first-order valence-corrected chi connectivity index (χ1v) is 7.65. The van der Waals surface area contributed by atoms with Gasteiger partial charge < -0.3 is 14.7 Å². The topological polar surface area (TPSA) is 49.8 Å². The minimum atomic E-state index is -0.509. The van der Waals surface area contributed by atoms with Crippen molar-refractivity contribution in [2.24, 2.45) is 0 Å². The lowest BCUT2D eigenvalue weighted by atomic mass is 9.99. The molecule has 1 unspecified atom stereocenters. The predicted molar refractivity (Wildman–Crippen MR) is 82.3 cm³/mol. The molecule has 1 aliphatic rings. The van der Waals surface area contributed by atoms with E-state index in [1.165, 1.54) is 5.56 Å². The van der Waals surface area contributed by atoms with Crippen molar-refractivity contribution in [2.45, 2.75) is 51.7 Å². The number of hydrogen-bond donors (Lipinski definition) is 1. The van der Waals surface area contributed by atoms with Crippen LogP contribution in [-0.4, -0.2) is 40.7 Å². The number of carbonyl (C=O) groups excluding carboxylic acids is 1. The number of hydrogen-bond acceptors (Lipinski definition) is 3. The molecule has 0 aromatic heterocycles. The highest BCUT2D eigenvalue weighted by Crippen LogP contribution is 2.28. The van der Waals surface area contributed by atoms with Gasteiger partial charge in [0.15, 0.2) is 6.61 Å². The standard InChI is InChI=1S/C17H25NO3/c1-4-5-13-6-8-14(9-7-13)21-12-16(20)18-11-10-15(19)17(18,2)3/h6-9,15,19H,4-5,10-12H2,1-3H3. The smallest absolute Gasteiger partial charge is 0.261 e. The average Bonchev–Trinajstić information content (AvgIpc) is 2.72. The molecule has 4 heteroatoms. The summed E-state index contributed by atoms with van der Waals surface area (Å²) in [7, 11) is 0. The van der Waals surface area contributed by atoms with Crippen LogP contribution in [0.1, 0.15) is 39.2 Å². The summed E-state index contributed by atoms with van der Waals surface area (Å²) in [5.74, 6) is 0.634. The highest BCUT2D eigenvalue weighted by molar-refractivity contribution is 5.79. The van der Waals surface area contributed by atoms with Crippen LogP contribution in [0.25, 0.3) is 0 Å². The molecular weight excluding hydrogens is 266 g/mol. The number of aliphatic hydroxyl groups is 1. The maximum absolute atomic E-state index is 12.2. The Bertz CT molecular complexity index is 481. The first-order valence-electron chi connectivity index (χ1n) is 7.65. The van der Waals surface area contributed by atoms with Crippen molar-refractivity contribution < 1.29 is 14.6 Å². The van der Waals surface area contributed by atoms with Gasteiger partial charge in [0, 0.05) is 6.54 Å². The molecule has 1 fully saturated rings. The molecule has 2 rings (SSSR count). The molecule has 0 bridgehead atoms. The Kier molecular flexibility index (Phi) is 4.88. The van der Waals surface area contributed by atoms with Crippen LogP contribution in [-0.2, 0) is 11.2 Å². The van der Waals surface area contributed by atoms with Gasteiger partial charge in [-0.3, -0.25) is 4.79 Å². The van der Waals surface area contributed by atoms with Gasteiger partial charge in [-0.2, -0.15) is 0 Å². The summed E-state index contributed by atoms with van der Waals surface area (Å²) in [4.78, 5) is 14.0. The van der Waals surface area contributed by atoms with E-state index in [-0.39, 0.29) is 12.5 Å². The van der Waals surface area contributed by atoms with Crippen LogP contribution < -0.4 is 4.74 Å². The molecule has 0 aliphatic carbocycles. The van der Waals surface area contributed by atoms with Gasteiger partial charge in [-0.15, -0.1) is 0 Å². The van der Waals surface area contributed by atoms with E-state index in [0.717, 1.165) is 12.8 Å². The third-order valence-electron chi connectivity index (χ3n) is 4.26. The van der Waals surface area contributed by atoms with Gasteiger partial charge in [-0.05, 0) is 44.4 Å². The van der Waals surface area contributed by atoms with Crippen LogP contribution in [0.4, 0.5) is 0 Å². The molecule has 1 amide bonds. The summed E-state index contributed by atoms with van der Waals surface area (Å²) in [6.45, 7) is 6.54. The highest BCUT2D eigenvalue weighted by atomic mass is 16.5. The van der Waals surface area contributed by atoms with Crippen LogP contribution in [0.2, 0.25) is 0 Å². The lowest BCUT2D eigenvalue weighted by molar-refractivity contribution is -0.138. The van der Waals surface area contributed by atoms with Gasteiger partial charge in [-0.1, -0.05) is 25.5 Å². The molecule has 1 aromatic carbocycles. The molecule has 116 valence electrons. The summed E-state index contributed by atoms with van der Waals surface area (Å²) < 4.78 is 5.57. The first-order chi connectivity index (χ1) is 9.95. The zero-order chi connectivity index (χ0) is 15.5. The maximum atomic E-state index is 12.2. The maximum Gasteiger partial charge on any atom is 0.261 e. The number of aryl methyl sites for hydroxylation is 1. The minimum Gasteiger partial charge on any atom is -0.484 e. The van der Waals surface area contributed by atoms with E-state index in [0.29, 0.717) is 18.7 Å². The van der Waals surface area contributed by atoms with E-state index < -0.39 is 11.6 Å². The lowest BCUT2D eigenvalue weighted by Gasteiger charge is -2.33. The van der Waals surface area contributed by atoms with E-state index in [2.05, 4.69) is 6.92 Å². The zero-order valence-electron chi connectivity index (χ0n) is 13.1. The number of ether oxygens (including phenoxy) is 1. The third kappa shape index (κ3) is 3.56. The second-order valence-electron chi connectivity index (χ2n) is 6.19. The van der Waals surface area contributed by atoms with Gasteiger partial charge in [0.2, 0.25) is 0 Å². The summed E-state index contributed by atoms with van der Waals surface area (Å²) in [5, 5.41) is 9.91. The van der Waals surface area contributed by atoms with Crippen molar-refractivity contribution in [1.82, 2.24) is 4.90 Å². The van der Waals surface area contributed by atoms with E-state index in [1.54, 1.807) is 4.90 Å². The first kappa shape index (κ1) is 15.8. The number of aliphatic hydroxyl groups excluding tert-OH is 1. The second kappa shape index (κ2) is 6.48. The van der Waals surface area contributed by atoms with Crippen molar-refractivity contribution >= 4 is 5.91 Å². The Morgan fingerprint density at radius 3 is 2.57 bits per heavy atom. The van der Waals surface area contributed by atoms with Crippen molar-refractivity contribution in [1.29, 1.82) is 0 Å².